The maximum atomic E-state index is 8.69. The van der Waals surface area contributed by atoms with Crippen LogP contribution in [0, 0.1) is 0 Å². The molecule has 2 aromatic rings. The molecule has 0 fully saturated rings. The average Bonchev–Trinajstić information content (AvgIpc) is 2.61. The van der Waals surface area contributed by atoms with E-state index in [9.17, 15) is 0 Å². The van der Waals surface area contributed by atoms with Gasteiger partial charge in [0.05, 0.1) is 4.70 Å². The molecule has 2 rings (SSSR count). The molecule has 0 atom stereocenters. The molecule has 1 heterocycles. The predicted molar refractivity (Wildman–Crippen MR) is 55.0 cm³/mol. The Morgan fingerprint density at radius 3 is 3.15 bits per heavy atom. The number of nitrogens with zero attached hydrogens (tertiary/aromatic N) is 1. The lowest BCUT2D eigenvalue weighted by Crippen LogP contribution is -1.88. The van der Waals surface area contributed by atoms with Crippen LogP contribution in [0.15, 0.2) is 24.4 Å². The minimum Gasteiger partial charge on any atom is -0.396 e. The Morgan fingerprint density at radius 1 is 1.38 bits per heavy atom. The number of benzene rings is 1. The maximum absolute atomic E-state index is 8.69. The van der Waals surface area contributed by atoms with Gasteiger partial charge in [-0.05, 0) is 42.1 Å². The van der Waals surface area contributed by atoms with Crippen molar-refractivity contribution < 1.29 is 5.11 Å². The normalized spacial score (nSPS) is 10.8. The summed E-state index contributed by atoms with van der Waals surface area (Å²) in [7, 11) is 0. The summed E-state index contributed by atoms with van der Waals surface area (Å²) in [5, 5.41) is 9.90. The molecule has 0 amide bonds. The highest BCUT2D eigenvalue weighted by molar-refractivity contribution is 7.13. The third-order valence-electron chi connectivity index (χ3n) is 2.04. The van der Waals surface area contributed by atoms with Gasteiger partial charge >= 0.3 is 0 Å². The van der Waals surface area contributed by atoms with Gasteiger partial charge < -0.3 is 5.11 Å². The van der Waals surface area contributed by atoms with Gasteiger partial charge in [0.15, 0.2) is 0 Å². The second-order valence-corrected chi connectivity index (χ2v) is 3.86. The lowest BCUT2D eigenvalue weighted by atomic mass is 10.1. The van der Waals surface area contributed by atoms with E-state index in [1.54, 1.807) is 0 Å². The van der Waals surface area contributed by atoms with E-state index < -0.39 is 0 Å². The van der Waals surface area contributed by atoms with Gasteiger partial charge in [0, 0.05) is 18.2 Å². The van der Waals surface area contributed by atoms with Crippen LogP contribution in [0.3, 0.4) is 0 Å². The van der Waals surface area contributed by atoms with Crippen LogP contribution in [0.2, 0.25) is 0 Å². The Hall–Kier alpha value is -0.930. The van der Waals surface area contributed by atoms with Crippen molar-refractivity contribution in [3.05, 3.63) is 30.0 Å². The van der Waals surface area contributed by atoms with Crippen LogP contribution in [-0.2, 0) is 6.42 Å². The first-order chi connectivity index (χ1) is 6.40. The van der Waals surface area contributed by atoms with E-state index in [1.807, 2.05) is 6.20 Å². The quantitative estimate of drug-likeness (QED) is 0.810. The summed E-state index contributed by atoms with van der Waals surface area (Å²) in [6.45, 7) is 0.264. The van der Waals surface area contributed by atoms with Gasteiger partial charge in [0.2, 0.25) is 0 Å². The summed E-state index contributed by atoms with van der Waals surface area (Å²) in [5.74, 6) is 0. The Balaban J connectivity index is 2.26. The molecule has 0 aliphatic heterocycles. The molecule has 1 N–H and O–H groups in total. The number of hydrogen-bond acceptors (Lipinski definition) is 3. The fourth-order valence-corrected chi connectivity index (χ4v) is 1.99. The molecule has 13 heavy (non-hydrogen) atoms. The molecule has 0 saturated heterocycles. The summed E-state index contributed by atoms with van der Waals surface area (Å²) in [5.41, 5.74) is 1.28. The van der Waals surface area contributed by atoms with Crippen molar-refractivity contribution in [3.8, 4) is 0 Å². The lowest BCUT2D eigenvalue weighted by molar-refractivity contribution is 0.288. The van der Waals surface area contributed by atoms with Crippen molar-refractivity contribution in [2.75, 3.05) is 6.61 Å². The molecule has 0 unspecified atom stereocenters. The van der Waals surface area contributed by atoms with E-state index in [2.05, 4.69) is 22.6 Å². The summed E-state index contributed by atoms with van der Waals surface area (Å²) in [6, 6.07) is 6.35. The van der Waals surface area contributed by atoms with Crippen molar-refractivity contribution in [3.63, 3.8) is 0 Å². The highest BCUT2D eigenvalue weighted by Crippen LogP contribution is 2.19. The first-order valence-electron chi connectivity index (χ1n) is 4.34. The number of aryl methyl sites for hydroxylation is 1. The average molecular weight is 193 g/mol. The van der Waals surface area contributed by atoms with E-state index in [1.165, 1.54) is 27.2 Å². The Kier molecular flexibility index (Phi) is 2.57. The van der Waals surface area contributed by atoms with E-state index in [0.29, 0.717) is 0 Å². The minimum absolute atomic E-state index is 0.264. The molecule has 1 aromatic heterocycles. The van der Waals surface area contributed by atoms with Gasteiger partial charge in [-0.3, -0.25) is 0 Å². The first kappa shape index (κ1) is 8.66. The van der Waals surface area contributed by atoms with Crippen LogP contribution >= 0.6 is 11.5 Å². The van der Waals surface area contributed by atoms with Gasteiger partial charge in [-0.1, -0.05) is 6.07 Å². The van der Waals surface area contributed by atoms with Crippen molar-refractivity contribution in [1.82, 2.24) is 4.37 Å². The Labute approximate surface area is 81.0 Å². The summed E-state index contributed by atoms with van der Waals surface area (Å²) < 4.78 is 5.34. The summed E-state index contributed by atoms with van der Waals surface area (Å²) in [4.78, 5) is 0. The molecule has 3 heteroatoms. The zero-order valence-corrected chi connectivity index (χ0v) is 8.05. The third-order valence-corrected chi connectivity index (χ3v) is 2.82. The van der Waals surface area contributed by atoms with Crippen LogP contribution in [0.25, 0.3) is 10.1 Å². The molecular weight excluding hydrogens is 182 g/mol. The second-order valence-electron chi connectivity index (χ2n) is 3.03. The summed E-state index contributed by atoms with van der Waals surface area (Å²) in [6.07, 6.45) is 3.67. The van der Waals surface area contributed by atoms with E-state index in [0.717, 1.165) is 12.8 Å². The molecule has 0 spiro atoms. The molecule has 0 bridgehead atoms. The molecule has 0 radical (unpaired) electrons. The minimum atomic E-state index is 0.264. The third kappa shape index (κ3) is 1.87. The van der Waals surface area contributed by atoms with Crippen molar-refractivity contribution in [1.29, 1.82) is 0 Å². The highest BCUT2D eigenvalue weighted by Gasteiger charge is 1.97. The predicted octanol–water partition coefficient (Wildman–Crippen LogP) is 2.22. The van der Waals surface area contributed by atoms with Gasteiger partial charge in [-0.25, -0.2) is 0 Å². The molecule has 0 aliphatic carbocycles. The second kappa shape index (κ2) is 3.85. The Bertz CT molecular complexity index is 396. The van der Waals surface area contributed by atoms with Gasteiger partial charge in [0.25, 0.3) is 0 Å². The fraction of sp³-hybridized carbons (Fsp3) is 0.300. The van der Waals surface area contributed by atoms with Gasteiger partial charge in [-0.15, -0.1) is 0 Å². The summed E-state index contributed by atoms with van der Waals surface area (Å²) >= 11 is 1.52. The molecular formula is C10H11NOS. The molecule has 0 aliphatic rings. The van der Waals surface area contributed by atoms with Gasteiger partial charge in [-0.2, -0.15) is 4.37 Å². The van der Waals surface area contributed by atoms with Crippen LogP contribution in [0.1, 0.15) is 12.0 Å². The number of hydrogen-bond donors (Lipinski definition) is 1. The number of aliphatic hydroxyl groups is 1. The standard InChI is InChI=1S/C10H11NOS/c12-5-1-2-8-3-4-10-9(6-8)7-11-13-10/h3-4,6-7,12H,1-2,5H2. The van der Waals surface area contributed by atoms with Crippen LogP contribution in [-0.4, -0.2) is 16.1 Å². The lowest BCUT2D eigenvalue weighted by Gasteiger charge is -1.98. The monoisotopic (exact) mass is 193 g/mol. The van der Waals surface area contributed by atoms with Crippen molar-refractivity contribution in [2.24, 2.45) is 0 Å². The van der Waals surface area contributed by atoms with E-state index in [-0.39, 0.29) is 6.61 Å². The van der Waals surface area contributed by atoms with Crippen LogP contribution < -0.4 is 0 Å². The maximum Gasteiger partial charge on any atom is 0.0550 e. The Morgan fingerprint density at radius 2 is 2.31 bits per heavy atom. The number of rotatable bonds is 3. The number of fused-ring (bicyclic) bond motifs is 1. The number of aromatic nitrogens is 1. The molecule has 0 saturated carbocycles. The smallest absolute Gasteiger partial charge is 0.0550 e. The van der Waals surface area contributed by atoms with Crippen molar-refractivity contribution in [2.45, 2.75) is 12.8 Å². The zero-order valence-electron chi connectivity index (χ0n) is 7.23. The fourth-order valence-electron chi connectivity index (χ4n) is 1.36. The first-order valence-corrected chi connectivity index (χ1v) is 5.11. The van der Waals surface area contributed by atoms with Crippen LogP contribution in [0.5, 0.6) is 0 Å². The highest BCUT2D eigenvalue weighted by atomic mass is 32.1. The van der Waals surface area contributed by atoms with Crippen molar-refractivity contribution >= 4 is 21.6 Å². The zero-order chi connectivity index (χ0) is 9.10. The molecule has 2 nitrogen and oxygen atoms in total. The SMILES string of the molecule is OCCCc1ccc2sncc2c1. The van der Waals surface area contributed by atoms with Gasteiger partial charge in [0.1, 0.15) is 0 Å². The largest absolute Gasteiger partial charge is 0.396 e. The van der Waals surface area contributed by atoms with E-state index in [4.69, 9.17) is 5.11 Å². The van der Waals surface area contributed by atoms with Crippen LogP contribution in [0.4, 0.5) is 0 Å². The molecule has 1 aromatic carbocycles. The topological polar surface area (TPSA) is 33.1 Å². The molecule has 68 valence electrons. The number of aliphatic hydroxyl groups excluding tert-OH is 1. The van der Waals surface area contributed by atoms with E-state index >= 15 is 0 Å².